The van der Waals surface area contributed by atoms with E-state index in [4.69, 9.17) is 0 Å². The highest BCUT2D eigenvalue weighted by Gasteiger charge is 2.21. The van der Waals surface area contributed by atoms with Gasteiger partial charge in [-0.05, 0) is 17.1 Å². The summed E-state index contributed by atoms with van der Waals surface area (Å²) in [5.41, 5.74) is 2.52. The number of hydrogen-bond acceptors (Lipinski definition) is 5. The Balaban J connectivity index is 0.000000151. The third-order valence-electron chi connectivity index (χ3n) is 4.31. The van der Waals surface area contributed by atoms with Crippen LogP contribution in [-0.4, -0.2) is 41.9 Å². The van der Waals surface area contributed by atoms with Crippen molar-refractivity contribution in [2.45, 2.75) is 6.04 Å². The van der Waals surface area contributed by atoms with Crippen molar-refractivity contribution in [1.29, 1.82) is 0 Å². The molecule has 0 radical (unpaired) electrons. The molecule has 4 rings (SSSR count). The number of fused-ring (bicyclic) bond motifs is 2. The van der Waals surface area contributed by atoms with Crippen LogP contribution in [0.1, 0.15) is 10.6 Å². The minimum absolute atomic E-state index is 0.169. The molecule has 0 fully saturated rings. The van der Waals surface area contributed by atoms with Gasteiger partial charge in [0.2, 0.25) is 6.29 Å². The molecule has 1 aliphatic carbocycles. The van der Waals surface area contributed by atoms with E-state index in [-0.39, 0.29) is 6.04 Å². The van der Waals surface area contributed by atoms with E-state index in [0.717, 1.165) is 29.0 Å². The fourth-order valence-corrected chi connectivity index (χ4v) is 2.88. The maximum absolute atomic E-state index is 10.7. The monoisotopic (exact) mass is 347 g/mol. The predicted molar refractivity (Wildman–Crippen MR) is 99.7 cm³/mol. The molecule has 1 aromatic carbocycles. The molecule has 1 aliphatic heterocycles. The Hall–Kier alpha value is -3.41. The number of likely N-dealkylation sites (N-methyl/N-ethyl adjacent to an activating group) is 1. The molecular weight excluding hydrogens is 328 g/mol. The molecule has 26 heavy (non-hydrogen) atoms. The van der Waals surface area contributed by atoms with Crippen molar-refractivity contribution in [2.75, 3.05) is 7.05 Å². The van der Waals surface area contributed by atoms with Gasteiger partial charge in [-0.25, -0.2) is 9.56 Å². The van der Waals surface area contributed by atoms with Crippen molar-refractivity contribution in [3.05, 3.63) is 71.9 Å². The summed E-state index contributed by atoms with van der Waals surface area (Å²) in [4.78, 5) is 31.3. The first kappa shape index (κ1) is 17.4. The lowest BCUT2D eigenvalue weighted by Crippen LogP contribution is -2.35. The summed E-state index contributed by atoms with van der Waals surface area (Å²) in [5.74, 6) is 0.443. The quantitative estimate of drug-likeness (QED) is 0.613. The van der Waals surface area contributed by atoms with Gasteiger partial charge >= 0.3 is 5.82 Å². The van der Waals surface area contributed by atoms with Crippen molar-refractivity contribution in [3.63, 3.8) is 0 Å². The SMILES string of the molecule is CN1C=NC(C=O)=C2C=CC=CC21.C[n+]1c(C=O)ncc2ccccc21. The molecule has 1 unspecified atom stereocenters. The highest BCUT2D eigenvalue weighted by molar-refractivity contribution is 5.81. The average Bonchev–Trinajstić information content (AvgIpc) is 2.70. The van der Waals surface area contributed by atoms with Crippen molar-refractivity contribution in [2.24, 2.45) is 12.0 Å². The summed E-state index contributed by atoms with van der Waals surface area (Å²) in [6.07, 6.45) is 12.8. The van der Waals surface area contributed by atoms with Crippen LogP contribution >= 0.6 is 0 Å². The summed E-state index contributed by atoms with van der Waals surface area (Å²) in [6, 6.07) is 7.99. The largest absolute Gasteiger partial charge is 0.363 e. The van der Waals surface area contributed by atoms with Gasteiger partial charge in [-0.1, -0.05) is 36.4 Å². The first-order valence-electron chi connectivity index (χ1n) is 8.15. The predicted octanol–water partition coefficient (Wildman–Crippen LogP) is 1.78. The van der Waals surface area contributed by atoms with Crippen LogP contribution in [0.2, 0.25) is 0 Å². The normalized spacial score (nSPS) is 17.6. The highest BCUT2D eigenvalue weighted by Crippen LogP contribution is 2.22. The Bertz CT molecular complexity index is 973. The lowest BCUT2D eigenvalue weighted by molar-refractivity contribution is -0.649. The van der Waals surface area contributed by atoms with Crippen LogP contribution in [0.5, 0.6) is 0 Å². The van der Waals surface area contributed by atoms with Gasteiger partial charge in [0, 0.05) is 12.6 Å². The number of nitrogens with zero attached hydrogens (tertiary/aromatic N) is 4. The summed E-state index contributed by atoms with van der Waals surface area (Å²) in [5, 5.41) is 1.04. The third-order valence-corrected chi connectivity index (χ3v) is 4.31. The lowest BCUT2D eigenvalue weighted by Gasteiger charge is -2.29. The van der Waals surface area contributed by atoms with Gasteiger partial charge in [0.15, 0.2) is 12.5 Å². The fourth-order valence-electron chi connectivity index (χ4n) is 2.88. The first-order chi connectivity index (χ1) is 12.7. The van der Waals surface area contributed by atoms with Gasteiger partial charge in [0.1, 0.15) is 11.2 Å². The number of aryl methyl sites for hydroxylation is 1. The number of aliphatic imine (C=N–C) groups is 1. The second-order valence-corrected chi connectivity index (χ2v) is 5.91. The average molecular weight is 347 g/mol. The molecular formula is C20H19N4O2+. The molecule has 0 spiro atoms. The van der Waals surface area contributed by atoms with E-state index in [0.29, 0.717) is 11.5 Å². The van der Waals surface area contributed by atoms with E-state index in [1.807, 2.05) is 67.6 Å². The van der Waals surface area contributed by atoms with Crippen LogP contribution in [-0.2, 0) is 11.8 Å². The van der Waals surface area contributed by atoms with E-state index in [1.54, 1.807) is 17.1 Å². The number of para-hydroxylation sites is 1. The number of allylic oxidation sites excluding steroid dienone is 3. The number of hydrogen-bond donors (Lipinski definition) is 0. The number of carbonyl (C=O) groups is 2. The van der Waals surface area contributed by atoms with Gasteiger partial charge in [-0.3, -0.25) is 9.59 Å². The van der Waals surface area contributed by atoms with Crippen molar-refractivity contribution < 1.29 is 14.2 Å². The van der Waals surface area contributed by atoms with Crippen LogP contribution in [0, 0.1) is 0 Å². The summed E-state index contributed by atoms with van der Waals surface area (Å²) in [6.45, 7) is 0. The molecule has 2 aliphatic rings. The molecule has 0 N–H and O–H groups in total. The second-order valence-electron chi connectivity index (χ2n) is 5.91. The Kier molecular flexibility index (Phi) is 5.12. The molecule has 130 valence electrons. The van der Waals surface area contributed by atoms with Gasteiger partial charge in [-0.15, -0.1) is 0 Å². The Morgan fingerprint density at radius 1 is 1.15 bits per heavy atom. The van der Waals surface area contributed by atoms with Crippen LogP contribution in [0.4, 0.5) is 0 Å². The molecule has 0 bridgehead atoms. The fraction of sp³-hybridized carbons (Fsp3) is 0.150. The number of rotatable bonds is 2. The van der Waals surface area contributed by atoms with Gasteiger partial charge in [0.25, 0.3) is 0 Å². The maximum Gasteiger partial charge on any atom is 0.363 e. The molecule has 6 nitrogen and oxygen atoms in total. The van der Waals surface area contributed by atoms with Crippen LogP contribution in [0.3, 0.4) is 0 Å². The van der Waals surface area contributed by atoms with E-state index >= 15 is 0 Å². The minimum Gasteiger partial charge on any atom is -0.355 e. The Labute approximate surface area is 151 Å². The van der Waals surface area contributed by atoms with Crippen molar-refractivity contribution in [3.8, 4) is 0 Å². The Morgan fingerprint density at radius 2 is 1.96 bits per heavy atom. The zero-order chi connectivity index (χ0) is 18.5. The number of carbonyl (C=O) groups excluding carboxylic acids is 2. The van der Waals surface area contributed by atoms with E-state index in [9.17, 15) is 9.59 Å². The standard InChI is InChI=1S/C10H10N2O.C10H9N2O/c1-12-7-11-9(6-13)8-4-2-3-5-10(8)12;1-12-9-5-3-2-4-8(9)6-11-10(12)7-13/h2-7,10H,1H3;2-7H,1H3/q;+1. The van der Waals surface area contributed by atoms with Crippen LogP contribution < -0.4 is 4.57 Å². The smallest absolute Gasteiger partial charge is 0.355 e. The van der Waals surface area contributed by atoms with Crippen LogP contribution in [0.15, 0.2) is 71.0 Å². The van der Waals surface area contributed by atoms with Crippen molar-refractivity contribution in [1.82, 2.24) is 9.88 Å². The number of aromatic nitrogens is 2. The lowest BCUT2D eigenvalue weighted by atomic mass is 9.98. The van der Waals surface area contributed by atoms with Crippen molar-refractivity contribution >= 4 is 29.8 Å². The summed E-state index contributed by atoms with van der Waals surface area (Å²) in [7, 11) is 3.78. The van der Waals surface area contributed by atoms with E-state index < -0.39 is 0 Å². The zero-order valence-corrected chi connectivity index (χ0v) is 14.6. The number of benzene rings is 1. The molecule has 0 saturated carbocycles. The van der Waals surface area contributed by atoms with E-state index in [2.05, 4.69) is 9.98 Å². The van der Waals surface area contributed by atoms with E-state index in [1.165, 1.54) is 0 Å². The van der Waals surface area contributed by atoms with Gasteiger partial charge in [-0.2, -0.15) is 0 Å². The summed E-state index contributed by atoms with van der Waals surface area (Å²) >= 11 is 0. The topological polar surface area (TPSA) is 66.5 Å². The molecule has 0 saturated heterocycles. The van der Waals surface area contributed by atoms with Gasteiger partial charge < -0.3 is 4.90 Å². The van der Waals surface area contributed by atoms with Crippen LogP contribution in [0.25, 0.3) is 10.9 Å². The second kappa shape index (κ2) is 7.65. The molecule has 2 aromatic rings. The summed E-state index contributed by atoms with van der Waals surface area (Å²) < 4.78 is 1.78. The molecule has 6 heteroatoms. The maximum atomic E-state index is 10.7. The zero-order valence-electron chi connectivity index (χ0n) is 14.6. The third kappa shape index (κ3) is 3.35. The number of aldehydes is 2. The first-order valence-corrected chi connectivity index (χ1v) is 8.15. The minimum atomic E-state index is 0.169. The Morgan fingerprint density at radius 3 is 2.73 bits per heavy atom. The molecule has 0 amide bonds. The highest BCUT2D eigenvalue weighted by atomic mass is 16.1. The molecule has 1 atom stereocenters. The molecule has 2 heterocycles. The van der Waals surface area contributed by atoms with Gasteiger partial charge in [0.05, 0.1) is 24.8 Å². The molecule has 1 aromatic heterocycles.